The monoisotopic (exact) mass is 170 g/mol. The summed E-state index contributed by atoms with van der Waals surface area (Å²) in [7, 11) is 0. The fourth-order valence-corrected chi connectivity index (χ4v) is 2.70. The first kappa shape index (κ1) is 8.48. The molecule has 2 fully saturated rings. The summed E-state index contributed by atoms with van der Waals surface area (Å²) in [5.74, 6) is 0. The molecule has 3 N–H and O–H groups in total. The van der Waals surface area contributed by atoms with E-state index in [0.29, 0.717) is 12.6 Å². The molecular weight excluding hydrogens is 152 g/mol. The van der Waals surface area contributed by atoms with Gasteiger partial charge in [0.1, 0.15) is 0 Å². The van der Waals surface area contributed by atoms with Crippen molar-refractivity contribution in [1.82, 2.24) is 4.90 Å². The summed E-state index contributed by atoms with van der Waals surface area (Å²) >= 11 is 0. The van der Waals surface area contributed by atoms with Crippen molar-refractivity contribution in [2.45, 2.75) is 37.3 Å². The lowest BCUT2D eigenvalue weighted by Crippen LogP contribution is -2.57. The van der Waals surface area contributed by atoms with Gasteiger partial charge >= 0.3 is 0 Å². The molecule has 0 spiro atoms. The summed E-state index contributed by atoms with van der Waals surface area (Å²) in [6, 6.07) is 0.358. The largest absolute Gasteiger partial charge is 0.387 e. The highest BCUT2D eigenvalue weighted by molar-refractivity contribution is 5.00. The van der Waals surface area contributed by atoms with E-state index < -0.39 is 5.60 Å². The molecule has 2 aliphatic heterocycles. The van der Waals surface area contributed by atoms with Crippen molar-refractivity contribution in [3.05, 3.63) is 0 Å². The van der Waals surface area contributed by atoms with Gasteiger partial charge < -0.3 is 10.8 Å². The quantitative estimate of drug-likeness (QED) is 0.579. The third kappa shape index (κ3) is 1.16. The summed E-state index contributed by atoms with van der Waals surface area (Å²) in [5.41, 5.74) is 5.04. The van der Waals surface area contributed by atoms with Crippen molar-refractivity contribution >= 4 is 0 Å². The average Bonchev–Trinajstić information content (AvgIpc) is 2.54. The van der Waals surface area contributed by atoms with Gasteiger partial charge in [0.25, 0.3) is 0 Å². The van der Waals surface area contributed by atoms with Gasteiger partial charge in [0.2, 0.25) is 0 Å². The summed E-state index contributed by atoms with van der Waals surface area (Å²) in [4.78, 5) is 2.40. The van der Waals surface area contributed by atoms with E-state index in [2.05, 4.69) is 4.90 Å². The smallest absolute Gasteiger partial charge is 0.0924 e. The Kier molecular flexibility index (Phi) is 2.10. The minimum absolute atomic E-state index is 0.358. The second-order valence-corrected chi connectivity index (χ2v) is 4.11. The molecule has 2 rings (SSSR count). The Bertz CT molecular complexity index is 174. The molecule has 0 aromatic rings. The molecule has 2 unspecified atom stereocenters. The second kappa shape index (κ2) is 2.98. The predicted molar refractivity (Wildman–Crippen MR) is 47.8 cm³/mol. The summed E-state index contributed by atoms with van der Waals surface area (Å²) < 4.78 is 0. The first-order valence-electron chi connectivity index (χ1n) is 4.93. The van der Waals surface area contributed by atoms with E-state index in [0.717, 1.165) is 32.4 Å². The standard InChI is InChI=1S/C9H18N2O/c10-7-9(12)4-2-6-11-5-1-3-8(9)11/h8,12H,1-7,10H2. The number of aliphatic hydroxyl groups is 1. The van der Waals surface area contributed by atoms with E-state index in [-0.39, 0.29) is 0 Å². The number of rotatable bonds is 1. The van der Waals surface area contributed by atoms with Crippen LogP contribution >= 0.6 is 0 Å². The maximum absolute atomic E-state index is 10.2. The minimum atomic E-state index is -0.575. The van der Waals surface area contributed by atoms with Gasteiger partial charge in [-0.25, -0.2) is 0 Å². The normalized spacial score (nSPS) is 43.0. The van der Waals surface area contributed by atoms with Gasteiger partial charge in [-0.1, -0.05) is 0 Å². The van der Waals surface area contributed by atoms with E-state index in [9.17, 15) is 5.11 Å². The van der Waals surface area contributed by atoms with E-state index in [4.69, 9.17) is 5.73 Å². The Balaban J connectivity index is 2.13. The molecule has 2 heterocycles. The van der Waals surface area contributed by atoms with Crippen LogP contribution in [0.2, 0.25) is 0 Å². The van der Waals surface area contributed by atoms with Gasteiger partial charge in [-0.15, -0.1) is 0 Å². The van der Waals surface area contributed by atoms with Gasteiger partial charge in [-0.05, 0) is 38.8 Å². The lowest BCUT2D eigenvalue weighted by Gasteiger charge is -2.42. The van der Waals surface area contributed by atoms with E-state index in [1.54, 1.807) is 0 Å². The van der Waals surface area contributed by atoms with Gasteiger partial charge in [0.15, 0.2) is 0 Å². The van der Waals surface area contributed by atoms with Crippen LogP contribution in [0.3, 0.4) is 0 Å². The number of nitrogens with two attached hydrogens (primary N) is 1. The van der Waals surface area contributed by atoms with E-state index >= 15 is 0 Å². The zero-order chi connectivity index (χ0) is 8.60. The van der Waals surface area contributed by atoms with Crippen molar-refractivity contribution in [3.8, 4) is 0 Å². The van der Waals surface area contributed by atoms with Gasteiger partial charge in [-0.2, -0.15) is 0 Å². The topological polar surface area (TPSA) is 49.5 Å². The number of nitrogens with zero attached hydrogens (tertiary/aromatic N) is 1. The van der Waals surface area contributed by atoms with E-state index in [1.807, 2.05) is 0 Å². The number of hydrogen-bond donors (Lipinski definition) is 2. The van der Waals surface area contributed by atoms with Gasteiger partial charge in [0.05, 0.1) is 5.60 Å². The molecule has 3 heteroatoms. The van der Waals surface area contributed by atoms with Crippen LogP contribution in [0.4, 0.5) is 0 Å². The fourth-order valence-electron chi connectivity index (χ4n) is 2.70. The molecule has 0 bridgehead atoms. The highest BCUT2D eigenvalue weighted by atomic mass is 16.3. The molecule has 0 aliphatic carbocycles. The van der Waals surface area contributed by atoms with Crippen molar-refractivity contribution < 1.29 is 5.11 Å². The van der Waals surface area contributed by atoms with Crippen LogP contribution in [0, 0.1) is 0 Å². The maximum atomic E-state index is 10.2. The lowest BCUT2D eigenvalue weighted by molar-refractivity contribution is -0.0580. The van der Waals surface area contributed by atoms with Crippen molar-refractivity contribution in [3.63, 3.8) is 0 Å². The summed E-state index contributed by atoms with van der Waals surface area (Å²) in [6.07, 6.45) is 4.36. The lowest BCUT2D eigenvalue weighted by atomic mass is 9.84. The second-order valence-electron chi connectivity index (χ2n) is 4.11. The molecule has 2 atom stereocenters. The van der Waals surface area contributed by atoms with Crippen LogP contribution < -0.4 is 5.73 Å². The molecule has 12 heavy (non-hydrogen) atoms. The Hall–Kier alpha value is -0.120. The highest BCUT2D eigenvalue weighted by Gasteiger charge is 2.43. The van der Waals surface area contributed by atoms with Crippen molar-refractivity contribution in [2.24, 2.45) is 5.73 Å². The van der Waals surface area contributed by atoms with Crippen LogP contribution in [0.15, 0.2) is 0 Å². The Morgan fingerprint density at radius 2 is 2.17 bits per heavy atom. The zero-order valence-corrected chi connectivity index (χ0v) is 7.50. The first-order valence-corrected chi connectivity index (χ1v) is 4.93. The highest BCUT2D eigenvalue weighted by Crippen LogP contribution is 2.33. The zero-order valence-electron chi connectivity index (χ0n) is 7.50. The average molecular weight is 170 g/mol. The Morgan fingerprint density at radius 1 is 1.42 bits per heavy atom. The van der Waals surface area contributed by atoms with E-state index in [1.165, 1.54) is 6.42 Å². The fraction of sp³-hybridized carbons (Fsp3) is 1.00. The third-order valence-corrected chi connectivity index (χ3v) is 3.39. The van der Waals surface area contributed by atoms with Gasteiger partial charge in [0, 0.05) is 12.6 Å². The number of piperidine rings is 1. The van der Waals surface area contributed by atoms with Crippen LogP contribution in [-0.4, -0.2) is 41.3 Å². The van der Waals surface area contributed by atoms with Crippen molar-refractivity contribution in [1.29, 1.82) is 0 Å². The van der Waals surface area contributed by atoms with Crippen LogP contribution in [0.25, 0.3) is 0 Å². The molecule has 70 valence electrons. The molecule has 0 aromatic heterocycles. The molecule has 3 nitrogen and oxygen atoms in total. The molecular formula is C9H18N2O. The first-order chi connectivity index (χ1) is 5.76. The maximum Gasteiger partial charge on any atom is 0.0924 e. The molecule has 2 saturated heterocycles. The summed E-state index contributed by atoms with van der Waals surface area (Å²) in [6.45, 7) is 2.74. The van der Waals surface area contributed by atoms with Crippen molar-refractivity contribution in [2.75, 3.05) is 19.6 Å². The van der Waals surface area contributed by atoms with Crippen LogP contribution in [-0.2, 0) is 0 Å². The van der Waals surface area contributed by atoms with Crippen LogP contribution in [0.5, 0.6) is 0 Å². The Labute approximate surface area is 73.5 Å². The number of fused-ring (bicyclic) bond motifs is 1. The predicted octanol–water partition coefficient (Wildman–Crippen LogP) is -0.0656. The molecule has 2 aliphatic rings. The van der Waals surface area contributed by atoms with Gasteiger partial charge in [-0.3, -0.25) is 4.90 Å². The minimum Gasteiger partial charge on any atom is -0.387 e. The molecule has 0 saturated carbocycles. The third-order valence-electron chi connectivity index (χ3n) is 3.39. The summed E-state index contributed by atoms with van der Waals surface area (Å²) in [5, 5.41) is 10.2. The number of hydrogen-bond acceptors (Lipinski definition) is 3. The molecule has 0 radical (unpaired) electrons. The molecule has 0 amide bonds. The SMILES string of the molecule is NCC1(O)CCCN2CCCC21. The Morgan fingerprint density at radius 3 is 2.92 bits per heavy atom. The van der Waals surface area contributed by atoms with Crippen LogP contribution in [0.1, 0.15) is 25.7 Å². The molecule has 0 aromatic carbocycles.